The van der Waals surface area contributed by atoms with E-state index in [2.05, 4.69) is 41.4 Å². The molecule has 1 saturated heterocycles. The van der Waals surface area contributed by atoms with Crippen molar-refractivity contribution in [3.63, 3.8) is 0 Å². The van der Waals surface area contributed by atoms with Crippen LogP contribution in [-0.4, -0.2) is 41.2 Å². The van der Waals surface area contributed by atoms with E-state index in [0.29, 0.717) is 13.0 Å². The third-order valence-electron chi connectivity index (χ3n) is 5.39. The molecule has 1 amide bonds. The van der Waals surface area contributed by atoms with E-state index in [1.165, 1.54) is 11.1 Å². The molecule has 2 aromatic rings. The highest BCUT2D eigenvalue weighted by molar-refractivity contribution is 5.93. The molecule has 5 nitrogen and oxygen atoms in total. The number of hydrogen-bond acceptors (Lipinski definition) is 4. The van der Waals surface area contributed by atoms with Crippen molar-refractivity contribution < 1.29 is 14.6 Å². The van der Waals surface area contributed by atoms with E-state index in [-0.39, 0.29) is 12.0 Å². The lowest BCUT2D eigenvalue weighted by Gasteiger charge is -2.36. The van der Waals surface area contributed by atoms with Crippen molar-refractivity contribution in [1.82, 2.24) is 4.90 Å². The van der Waals surface area contributed by atoms with E-state index in [0.717, 1.165) is 42.9 Å². The van der Waals surface area contributed by atoms with Crippen LogP contribution in [0.3, 0.4) is 0 Å². The summed E-state index contributed by atoms with van der Waals surface area (Å²) in [4.78, 5) is 13.7. The summed E-state index contributed by atoms with van der Waals surface area (Å²) in [7, 11) is 0. The van der Waals surface area contributed by atoms with Crippen molar-refractivity contribution in [3.8, 4) is 5.75 Å². The van der Waals surface area contributed by atoms with Gasteiger partial charge in [0, 0.05) is 31.7 Å². The molecule has 0 unspecified atom stereocenters. The Morgan fingerprint density at radius 3 is 2.78 bits per heavy atom. The molecular formula is C22H26N2O3. The number of carbonyl (C=O) groups is 1. The van der Waals surface area contributed by atoms with Gasteiger partial charge < -0.3 is 15.2 Å². The van der Waals surface area contributed by atoms with Crippen LogP contribution in [0.4, 0.5) is 5.69 Å². The molecule has 0 saturated carbocycles. The fourth-order valence-corrected chi connectivity index (χ4v) is 3.82. The molecule has 4 rings (SSSR count). The van der Waals surface area contributed by atoms with Crippen LogP contribution in [0, 0.1) is 6.92 Å². The van der Waals surface area contributed by atoms with Gasteiger partial charge in [0.1, 0.15) is 18.0 Å². The average molecular weight is 366 g/mol. The van der Waals surface area contributed by atoms with Crippen LogP contribution in [0.25, 0.3) is 0 Å². The summed E-state index contributed by atoms with van der Waals surface area (Å²) in [6.45, 7) is 4.45. The number of nitrogens with zero attached hydrogens (tertiary/aromatic N) is 1. The Hall–Kier alpha value is -2.37. The van der Waals surface area contributed by atoms with Crippen molar-refractivity contribution >= 4 is 11.6 Å². The zero-order valence-corrected chi connectivity index (χ0v) is 15.6. The molecule has 0 aliphatic carbocycles. The molecule has 1 fully saturated rings. The molecule has 2 aliphatic rings. The smallest absolute Gasteiger partial charge is 0.224 e. The standard InChI is InChI=1S/C22H26N2O3/c1-15-2-4-16(5-3-15)13-24-11-10-21(20(25)14-24)27-18-7-8-19-17(12-18)6-9-22(26)23-19/h2-5,7-8,12,20-21,25H,6,9-11,13-14H2,1H3,(H,23,26)/t20-,21-/m1/s1. The Labute approximate surface area is 160 Å². The highest BCUT2D eigenvalue weighted by atomic mass is 16.5. The largest absolute Gasteiger partial charge is 0.488 e. The zero-order valence-electron chi connectivity index (χ0n) is 15.6. The number of ether oxygens (including phenoxy) is 1. The maximum absolute atomic E-state index is 11.5. The molecule has 0 bridgehead atoms. The molecule has 27 heavy (non-hydrogen) atoms. The predicted molar refractivity (Wildman–Crippen MR) is 105 cm³/mol. The van der Waals surface area contributed by atoms with Crippen LogP contribution in [0.1, 0.15) is 29.5 Å². The predicted octanol–water partition coefficient (Wildman–Crippen LogP) is 2.89. The second-order valence-corrected chi connectivity index (χ2v) is 7.60. The Kier molecular flexibility index (Phi) is 5.14. The summed E-state index contributed by atoms with van der Waals surface area (Å²) in [5.74, 6) is 0.827. The monoisotopic (exact) mass is 366 g/mol. The number of hydrogen-bond donors (Lipinski definition) is 2. The first-order chi connectivity index (χ1) is 13.1. The highest BCUT2D eigenvalue weighted by Gasteiger charge is 2.29. The maximum atomic E-state index is 11.5. The Balaban J connectivity index is 1.35. The topological polar surface area (TPSA) is 61.8 Å². The van der Waals surface area contributed by atoms with Crippen molar-refractivity contribution in [3.05, 3.63) is 59.2 Å². The van der Waals surface area contributed by atoms with Crippen molar-refractivity contribution in [2.24, 2.45) is 0 Å². The molecule has 2 N–H and O–H groups in total. The summed E-state index contributed by atoms with van der Waals surface area (Å²) >= 11 is 0. The number of benzene rings is 2. The van der Waals surface area contributed by atoms with Gasteiger partial charge in [-0.3, -0.25) is 9.69 Å². The Morgan fingerprint density at radius 1 is 1.19 bits per heavy atom. The Bertz CT molecular complexity index is 819. The van der Waals surface area contributed by atoms with Crippen LogP contribution in [0.15, 0.2) is 42.5 Å². The molecule has 0 aromatic heterocycles. The zero-order chi connectivity index (χ0) is 18.8. The normalized spacial score (nSPS) is 22.8. The number of anilines is 1. The minimum Gasteiger partial charge on any atom is -0.488 e. The second-order valence-electron chi connectivity index (χ2n) is 7.60. The lowest BCUT2D eigenvalue weighted by Crippen LogP contribution is -2.48. The van der Waals surface area contributed by atoms with Gasteiger partial charge >= 0.3 is 0 Å². The van der Waals surface area contributed by atoms with Gasteiger partial charge in [0.05, 0.1) is 0 Å². The lowest BCUT2D eigenvalue weighted by atomic mass is 10.0. The average Bonchev–Trinajstić information content (AvgIpc) is 2.66. The number of amides is 1. The van der Waals surface area contributed by atoms with Crippen LogP contribution >= 0.6 is 0 Å². The van der Waals surface area contributed by atoms with Gasteiger partial charge in [-0.1, -0.05) is 29.8 Å². The summed E-state index contributed by atoms with van der Waals surface area (Å²) in [5, 5.41) is 13.5. The minimum absolute atomic E-state index is 0.0625. The second kappa shape index (κ2) is 7.71. The van der Waals surface area contributed by atoms with E-state index in [4.69, 9.17) is 4.74 Å². The van der Waals surface area contributed by atoms with E-state index in [1.54, 1.807) is 0 Å². The van der Waals surface area contributed by atoms with Gasteiger partial charge in [-0.15, -0.1) is 0 Å². The van der Waals surface area contributed by atoms with E-state index in [1.807, 2.05) is 18.2 Å². The first-order valence-electron chi connectivity index (χ1n) is 9.62. The first kappa shape index (κ1) is 18.0. The maximum Gasteiger partial charge on any atom is 0.224 e. The molecule has 0 spiro atoms. The molecule has 0 radical (unpaired) electrons. The van der Waals surface area contributed by atoms with Gasteiger partial charge in [-0.25, -0.2) is 0 Å². The number of rotatable bonds is 4. The molecule has 2 aromatic carbocycles. The van der Waals surface area contributed by atoms with Gasteiger partial charge in [0.15, 0.2) is 0 Å². The third-order valence-corrected chi connectivity index (χ3v) is 5.39. The molecule has 2 aliphatic heterocycles. The number of fused-ring (bicyclic) bond motifs is 1. The van der Waals surface area contributed by atoms with Crippen LogP contribution < -0.4 is 10.1 Å². The molecule has 2 atom stereocenters. The number of piperidine rings is 1. The van der Waals surface area contributed by atoms with Gasteiger partial charge in [-0.2, -0.15) is 0 Å². The first-order valence-corrected chi connectivity index (χ1v) is 9.62. The number of carbonyl (C=O) groups excluding carboxylic acids is 1. The summed E-state index contributed by atoms with van der Waals surface area (Å²) in [6.07, 6.45) is 1.32. The van der Waals surface area contributed by atoms with Gasteiger partial charge in [0.25, 0.3) is 0 Å². The molecule has 5 heteroatoms. The number of aliphatic hydroxyl groups excluding tert-OH is 1. The van der Waals surface area contributed by atoms with Crippen molar-refractivity contribution in [2.45, 2.75) is 44.9 Å². The Morgan fingerprint density at radius 2 is 2.00 bits per heavy atom. The summed E-state index contributed by atoms with van der Waals surface area (Å²) < 4.78 is 6.09. The highest BCUT2D eigenvalue weighted by Crippen LogP contribution is 2.28. The van der Waals surface area contributed by atoms with Crippen LogP contribution in [0.2, 0.25) is 0 Å². The fraction of sp³-hybridized carbons (Fsp3) is 0.409. The number of aliphatic hydroxyl groups is 1. The van der Waals surface area contributed by atoms with Crippen molar-refractivity contribution in [2.75, 3.05) is 18.4 Å². The van der Waals surface area contributed by atoms with Crippen LogP contribution in [0.5, 0.6) is 5.75 Å². The van der Waals surface area contributed by atoms with E-state index >= 15 is 0 Å². The molecule has 142 valence electrons. The molecule has 2 heterocycles. The fourth-order valence-electron chi connectivity index (χ4n) is 3.82. The summed E-state index contributed by atoms with van der Waals surface area (Å²) in [6, 6.07) is 14.3. The number of likely N-dealkylation sites (tertiary alicyclic amines) is 1. The van der Waals surface area contributed by atoms with Crippen molar-refractivity contribution in [1.29, 1.82) is 0 Å². The third kappa shape index (κ3) is 4.31. The number of β-amino-alcohol motifs (C(OH)–C–C–N with tert-alkyl or cyclic N) is 1. The number of aryl methyl sites for hydroxylation is 2. The molecular weight excluding hydrogens is 340 g/mol. The SMILES string of the molecule is Cc1ccc(CN2CC[C@@H](Oc3ccc4c(c3)CCC(=O)N4)[C@H](O)C2)cc1. The summed E-state index contributed by atoms with van der Waals surface area (Å²) in [5.41, 5.74) is 4.49. The van der Waals surface area contributed by atoms with Gasteiger partial charge in [-0.05, 0) is 49.1 Å². The van der Waals surface area contributed by atoms with Gasteiger partial charge in [0.2, 0.25) is 5.91 Å². The van der Waals surface area contributed by atoms with Crippen LogP contribution in [-0.2, 0) is 17.8 Å². The van der Waals surface area contributed by atoms with E-state index in [9.17, 15) is 9.90 Å². The van der Waals surface area contributed by atoms with E-state index < -0.39 is 6.10 Å². The minimum atomic E-state index is -0.514. The lowest BCUT2D eigenvalue weighted by molar-refractivity contribution is -0.116. The number of nitrogens with one attached hydrogen (secondary N) is 1. The quantitative estimate of drug-likeness (QED) is 0.873.